The van der Waals surface area contributed by atoms with Gasteiger partial charge in [0.2, 0.25) is 0 Å². The van der Waals surface area contributed by atoms with Gasteiger partial charge in [0.05, 0.1) is 10.9 Å². The van der Waals surface area contributed by atoms with Crippen LogP contribution in [0.25, 0.3) is 21.9 Å². The maximum Gasteiger partial charge on any atom is 0.200 e. The molecule has 0 bridgehead atoms. The maximum atomic E-state index is 12.2. The third-order valence-corrected chi connectivity index (χ3v) is 3.05. The van der Waals surface area contributed by atoms with Gasteiger partial charge in [-0.2, -0.15) is 0 Å². The van der Waals surface area contributed by atoms with Crippen molar-refractivity contribution in [3.8, 4) is 0 Å². The molecule has 17 heavy (non-hydrogen) atoms. The second kappa shape index (κ2) is 3.53. The highest BCUT2D eigenvalue weighted by atomic mass is 35.5. The van der Waals surface area contributed by atoms with E-state index in [1.165, 1.54) is 12.5 Å². The molecule has 0 saturated heterocycles. The number of pyridine rings is 1. The Kier molecular flexibility index (Phi) is 2.12. The predicted molar refractivity (Wildman–Crippen MR) is 67.3 cm³/mol. The van der Waals surface area contributed by atoms with Crippen molar-refractivity contribution in [2.75, 3.05) is 0 Å². The van der Waals surface area contributed by atoms with Gasteiger partial charge in [0.25, 0.3) is 0 Å². The van der Waals surface area contributed by atoms with E-state index in [1.54, 1.807) is 12.1 Å². The lowest BCUT2D eigenvalue weighted by atomic mass is 10.1. The van der Waals surface area contributed by atoms with E-state index in [2.05, 4.69) is 9.97 Å². The number of benzene rings is 1. The zero-order valence-corrected chi connectivity index (χ0v) is 9.77. The smallest absolute Gasteiger partial charge is 0.200 e. The Morgan fingerprint density at radius 1 is 1.29 bits per heavy atom. The van der Waals surface area contributed by atoms with Gasteiger partial charge >= 0.3 is 0 Å². The molecule has 1 aromatic carbocycles. The SMILES string of the molecule is Cn1c2ccc(Cl)cc2c(=O)c2cncnc21. The van der Waals surface area contributed by atoms with Crippen LogP contribution < -0.4 is 5.43 Å². The molecule has 2 heterocycles. The summed E-state index contributed by atoms with van der Waals surface area (Å²) in [6, 6.07) is 5.25. The van der Waals surface area contributed by atoms with Gasteiger partial charge in [-0.3, -0.25) is 4.79 Å². The minimum atomic E-state index is -0.0869. The number of aromatic nitrogens is 3. The van der Waals surface area contributed by atoms with Gasteiger partial charge in [-0.25, -0.2) is 9.97 Å². The van der Waals surface area contributed by atoms with Crippen LogP contribution in [0.15, 0.2) is 35.5 Å². The zero-order valence-electron chi connectivity index (χ0n) is 9.01. The summed E-state index contributed by atoms with van der Waals surface area (Å²) in [6.45, 7) is 0. The van der Waals surface area contributed by atoms with E-state index in [0.717, 1.165) is 5.52 Å². The predicted octanol–water partition coefficient (Wildman–Crippen LogP) is 2.14. The van der Waals surface area contributed by atoms with Crippen LogP contribution in [0.3, 0.4) is 0 Å². The second-order valence-electron chi connectivity index (χ2n) is 3.81. The first kappa shape index (κ1) is 10.2. The molecule has 3 rings (SSSR count). The van der Waals surface area contributed by atoms with Gasteiger partial charge in [0.15, 0.2) is 5.43 Å². The van der Waals surface area contributed by atoms with Crippen LogP contribution in [0.4, 0.5) is 0 Å². The van der Waals surface area contributed by atoms with Crippen molar-refractivity contribution >= 4 is 33.5 Å². The first-order valence-electron chi connectivity index (χ1n) is 5.06. The molecule has 0 N–H and O–H groups in total. The number of aryl methyl sites for hydroxylation is 1. The van der Waals surface area contributed by atoms with Gasteiger partial charge in [0.1, 0.15) is 12.0 Å². The highest BCUT2D eigenvalue weighted by molar-refractivity contribution is 6.31. The summed E-state index contributed by atoms with van der Waals surface area (Å²) in [7, 11) is 1.87. The van der Waals surface area contributed by atoms with Crippen molar-refractivity contribution < 1.29 is 0 Å². The quantitative estimate of drug-likeness (QED) is 0.570. The van der Waals surface area contributed by atoms with E-state index in [0.29, 0.717) is 21.4 Å². The highest BCUT2D eigenvalue weighted by Gasteiger charge is 2.09. The molecule has 0 aliphatic heterocycles. The van der Waals surface area contributed by atoms with Crippen molar-refractivity contribution in [3.63, 3.8) is 0 Å². The Morgan fingerprint density at radius 3 is 2.94 bits per heavy atom. The number of halogens is 1. The molecular weight excluding hydrogens is 238 g/mol. The molecule has 5 heteroatoms. The van der Waals surface area contributed by atoms with Gasteiger partial charge < -0.3 is 4.57 Å². The second-order valence-corrected chi connectivity index (χ2v) is 4.25. The summed E-state index contributed by atoms with van der Waals surface area (Å²) < 4.78 is 1.87. The van der Waals surface area contributed by atoms with Gasteiger partial charge in [-0.15, -0.1) is 0 Å². The van der Waals surface area contributed by atoms with Crippen LogP contribution in [0.1, 0.15) is 0 Å². The fraction of sp³-hybridized carbons (Fsp3) is 0.0833. The Bertz CT molecular complexity index is 795. The van der Waals surface area contributed by atoms with Crippen LogP contribution in [0.2, 0.25) is 5.02 Å². The molecule has 0 radical (unpaired) electrons. The van der Waals surface area contributed by atoms with E-state index in [4.69, 9.17) is 11.6 Å². The van der Waals surface area contributed by atoms with E-state index in [-0.39, 0.29) is 5.43 Å². The van der Waals surface area contributed by atoms with E-state index in [9.17, 15) is 4.79 Å². The third-order valence-electron chi connectivity index (χ3n) is 2.82. The largest absolute Gasteiger partial charge is 0.328 e. The summed E-state index contributed by atoms with van der Waals surface area (Å²) in [6.07, 6.45) is 2.97. The van der Waals surface area contributed by atoms with Gasteiger partial charge in [-0.05, 0) is 18.2 Å². The van der Waals surface area contributed by atoms with Crippen LogP contribution in [-0.2, 0) is 7.05 Å². The molecule has 0 spiro atoms. The molecule has 84 valence electrons. The van der Waals surface area contributed by atoms with Crippen LogP contribution >= 0.6 is 11.6 Å². The topological polar surface area (TPSA) is 47.8 Å². The molecular formula is C12H8ClN3O. The molecule has 0 aliphatic carbocycles. The first-order chi connectivity index (χ1) is 8.18. The van der Waals surface area contributed by atoms with Crippen molar-refractivity contribution in [2.45, 2.75) is 0 Å². The fourth-order valence-electron chi connectivity index (χ4n) is 1.99. The average molecular weight is 246 g/mol. The van der Waals surface area contributed by atoms with Crippen molar-refractivity contribution in [3.05, 3.63) is 46.0 Å². The lowest BCUT2D eigenvalue weighted by Gasteiger charge is -2.08. The Labute approximate surface area is 101 Å². The number of hydrogen-bond donors (Lipinski definition) is 0. The summed E-state index contributed by atoms with van der Waals surface area (Å²) >= 11 is 5.91. The zero-order chi connectivity index (χ0) is 12.0. The molecule has 0 amide bonds. The fourth-order valence-corrected chi connectivity index (χ4v) is 2.16. The normalized spacial score (nSPS) is 11.2. The van der Waals surface area contributed by atoms with E-state index in [1.807, 2.05) is 17.7 Å². The molecule has 0 unspecified atom stereocenters. The summed E-state index contributed by atoms with van der Waals surface area (Å²) in [5.41, 5.74) is 1.35. The molecule has 2 aromatic heterocycles. The van der Waals surface area contributed by atoms with Crippen molar-refractivity contribution in [1.29, 1.82) is 0 Å². The van der Waals surface area contributed by atoms with Crippen molar-refractivity contribution in [2.24, 2.45) is 7.05 Å². The number of rotatable bonds is 0. The molecule has 0 saturated carbocycles. The third kappa shape index (κ3) is 1.41. The molecule has 0 fully saturated rings. The van der Waals surface area contributed by atoms with Gasteiger partial charge in [0, 0.05) is 23.7 Å². The standard InChI is InChI=1S/C12H8ClN3O/c1-16-10-3-2-7(13)4-8(10)11(17)9-5-14-6-15-12(9)16/h2-6H,1H3. The highest BCUT2D eigenvalue weighted by Crippen LogP contribution is 2.19. The van der Waals surface area contributed by atoms with Gasteiger partial charge in [-0.1, -0.05) is 11.6 Å². The van der Waals surface area contributed by atoms with Crippen LogP contribution in [-0.4, -0.2) is 14.5 Å². The van der Waals surface area contributed by atoms with Crippen molar-refractivity contribution in [1.82, 2.24) is 14.5 Å². The van der Waals surface area contributed by atoms with Crippen LogP contribution in [0, 0.1) is 0 Å². The Hall–Kier alpha value is -1.94. The molecule has 3 aromatic rings. The average Bonchev–Trinajstić information content (AvgIpc) is 2.36. The molecule has 0 aliphatic rings. The summed E-state index contributed by atoms with van der Waals surface area (Å²) in [5.74, 6) is 0. The Balaban J connectivity index is 2.68. The monoisotopic (exact) mass is 245 g/mol. The minimum Gasteiger partial charge on any atom is -0.328 e. The van der Waals surface area contributed by atoms with E-state index < -0.39 is 0 Å². The summed E-state index contributed by atoms with van der Waals surface area (Å²) in [5, 5.41) is 1.64. The maximum absolute atomic E-state index is 12.2. The lowest BCUT2D eigenvalue weighted by Crippen LogP contribution is -2.10. The number of hydrogen-bond acceptors (Lipinski definition) is 3. The number of nitrogens with zero attached hydrogens (tertiary/aromatic N) is 3. The minimum absolute atomic E-state index is 0.0869. The van der Waals surface area contributed by atoms with Crippen LogP contribution in [0.5, 0.6) is 0 Å². The van der Waals surface area contributed by atoms with E-state index >= 15 is 0 Å². The Morgan fingerprint density at radius 2 is 2.12 bits per heavy atom. The first-order valence-corrected chi connectivity index (χ1v) is 5.44. The lowest BCUT2D eigenvalue weighted by molar-refractivity contribution is 0.968. The molecule has 0 atom stereocenters. The summed E-state index contributed by atoms with van der Waals surface area (Å²) in [4.78, 5) is 20.3. The molecule has 4 nitrogen and oxygen atoms in total. The number of fused-ring (bicyclic) bond motifs is 2.